The third kappa shape index (κ3) is 2.94. The molecule has 2 unspecified atom stereocenters. The van der Waals surface area contributed by atoms with Crippen molar-refractivity contribution in [2.45, 2.75) is 44.6 Å². The Balaban J connectivity index is 1.84. The molecule has 0 amide bonds. The number of benzene rings is 1. The Kier molecular flexibility index (Phi) is 4.48. The van der Waals surface area contributed by atoms with Crippen LogP contribution in [0.25, 0.3) is 0 Å². The summed E-state index contributed by atoms with van der Waals surface area (Å²) in [5.74, 6) is 0.629. The highest BCUT2D eigenvalue weighted by Gasteiger charge is 2.27. The summed E-state index contributed by atoms with van der Waals surface area (Å²) < 4.78 is 0. The number of thiazole rings is 1. The van der Waals surface area contributed by atoms with Crippen LogP contribution in [-0.4, -0.2) is 17.6 Å². The second kappa shape index (κ2) is 6.51. The maximum Gasteiger partial charge on any atom is 0.0940 e. The number of likely N-dealkylation sites (N-methyl/N-ethyl adjacent to an activating group) is 1. The number of nitrogens with zero attached hydrogens (tertiary/aromatic N) is 1. The topological polar surface area (TPSA) is 24.9 Å². The molecule has 0 saturated carbocycles. The molecule has 20 heavy (non-hydrogen) atoms. The number of nitrogens with one attached hydrogen (secondary N) is 1. The maximum atomic E-state index is 4.47. The van der Waals surface area contributed by atoms with Crippen LogP contribution in [0.3, 0.4) is 0 Å². The first-order chi connectivity index (χ1) is 9.88. The highest BCUT2D eigenvalue weighted by atomic mass is 32.1. The van der Waals surface area contributed by atoms with Crippen LogP contribution < -0.4 is 5.32 Å². The number of hydrogen-bond donors (Lipinski definition) is 1. The van der Waals surface area contributed by atoms with Crippen LogP contribution in [-0.2, 0) is 12.8 Å². The molecule has 0 fully saturated rings. The Morgan fingerprint density at radius 1 is 1.40 bits per heavy atom. The molecule has 0 saturated heterocycles. The van der Waals surface area contributed by atoms with Gasteiger partial charge >= 0.3 is 0 Å². The van der Waals surface area contributed by atoms with E-state index in [0.29, 0.717) is 12.0 Å². The van der Waals surface area contributed by atoms with Crippen LogP contribution in [0, 0.1) is 0 Å². The molecular formula is C17H22N2S. The summed E-state index contributed by atoms with van der Waals surface area (Å²) in [4.78, 5) is 4.47. The number of fused-ring (bicyclic) bond motifs is 1. The fourth-order valence-corrected chi connectivity index (χ4v) is 4.05. The predicted octanol–water partition coefficient (Wildman–Crippen LogP) is 3.78. The van der Waals surface area contributed by atoms with Gasteiger partial charge in [-0.3, -0.25) is 0 Å². The van der Waals surface area contributed by atoms with E-state index in [9.17, 15) is 0 Å². The first-order valence-corrected chi connectivity index (χ1v) is 8.46. The Morgan fingerprint density at radius 3 is 3.10 bits per heavy atom. The lowest BCUT2D eigenvalue weighted by Crippen LogP contribution is -2.38. The summed E-state index contributed by atoms with van der Waals surface area (Å²) in [6.45, 7) is 3.22. The molecule has 1 aliphatic carbocycles. The Morgan fingerprint density at radius 2 is 2.30 bits per heavy atom. The van der Waals surface area contributed by atoms with Gasteiger partial charge in [0.25, 0.3) is 0 Å². The molecule has 0 bridgehead atoms. The molecule has 3 rings (SSSR count). The van der Waals surface area contributed by atoms with E-state index < -0.39 is 0 Å². The minimum atomic E-state index is 0.507. The molecule has 1 aromatic heterocycles. The zero-order valence-corrected chi connectivity index (χ0v) is 12.8. The molecule has 3 heteroatoms. The molecular weight excluding hydrogens is 264 g/mol. The zero-order chi connectivity index (χ0) is 13.8. The van der Waals surface area contributed by atoms with Crippen molar-refractivity contribution in [2.75, 3.05) is 6.54 Å². The van der Waals surface area contributed by atoms with Gasteiger partial charge in [-0.15, -0.1) is 11.3 Å². The van der Waals surface area contributed by atoms with Gasteiger partial charge in [-0.05, 0) is 42.9 Å². The van der Waals surface area contributed by atoms with Gasteiger partial charge in [0.2, 0.25) is 0 Å². The minimum Gasteiger partial charge on any atom is -0.313 e. The van der Waals surface area contributed by atoms with Gasteiger partial charge in [0.05, 0.1) is 5.01 Å². The molecule has 1 aromatic carbocycles. The molecule has 0 aliphatic heterocycles. The minimum absolute atomic E-state index is 0.507. The van der Waals surface area contributed by atoms with E-state index >= 15 is 0 Å². The molecule has 2 nitrogen and oxygen atoms in total. The monoisotopic (exact) mass is 286 g/mol. The predicted molar refractivity (Wildman–Crippen MR) is 85.4 cm³/mol. The Hall–Kier alpha value is -1.19. The second-order valence-corrected chi connectivity index (χ2v) is 6.47. The van der Waals surface area contributed by atoms with Crippen LogP contribution >= 0.6 is 11.3 Å². The Labute approximate surface area is 125 Å². The van der Waals surface area contributed by atoms with Gasteiger partial charge in [0.1, 0.15) is 0 Å². The van der Waals surface area contributed by atoms with Crippen molar-refractivity contribution in [3.63, 3.8) is 0 Å². The van der Waals surface area contributed by atoms with E-state index in [1.54, 1.807) is 22.5 Å². The van der Waals surface area contributed by atoms with Gasteiger partial charge in [0, 0.05) is 24.0 Å². The fraction of sp³-hybridized carbons (Fsp3) is 0.471. The normalized spacial score (nSPS) is 19.6. The number of aryl methyl sites for hydroxylation is 1. The van der Waals surface area contributed by atoms with Crippen molar-refractivity contribution in [1.29, 1.82) is 0 Å². The summed E-state index contributed by atoms with van der Waals surface area (Å²) in [6, 6.07) is 9.49. The lowest BCUT2D eigenvalue weighted by atomic mass is 9.78. The van der Waals surface area contributed by atoms with Crippen molar-refractivity contribution in [1.82, 2.24) is 10.3 Å². The molecule has 1 N–H and O–H groups in total. The molecule has 1 aliphatic rings. The van der Waals surface area contributed by atoms with Gasteiger partial charge in [0.15, 0.2) is 0 Å². The van der Waals surface area contributed by atoms with Crippen molar-refractivity contribution in [3.05, 3.63) is 52.0 Å². The number of hydrogen-bond acceptors (Lipinski definition) is 3. The average Bonchev–Trinajstić information content (AvgIpc) is 2.99. The molecule has 2 atom stereocenters. The number of rotatable bonds is 5. The van der Waals surface area contributed by atoms with Crippen molar-refractivity contribution in [2.24, 2.45) is 0 Å². The van der Waals surface area contributed by atoms with Crippen molar-refractivity contribution in [3.8, 4) is 0 Å². The Bertz CT molecular complexity index is 536. The second-order valence-electron chi connectivity index (χ2n) is 5.49. The maximum absolute atomic E-state index is 4.47. The third-order valence-corrected chi connectivity index (χ3v) is 5.05. The van der Waals surface area contributed by atoms with Crippen LogP contribution in [0.4, 0.5) is 0 Å². The first-order valence-electron chi connectivity index (χ1n) is 7.58. The van der Waals surface area contributed by atoms with Gasteiger partial charge < -0.3 is 5.32 Å². The highest BCUT2D eigenvalue weighted by Crippen LogP contribution is 2.35. The standard InChI is InChI=1S/C17H22N2S/c1-2-18-16(12-17-19-10-11-20-17)15-9-5-7-13-6-3-4-8-14(13)15/h3-4,6,8,10-11,15-16,18H,2,5,7,9,12H2,1H3. The highest BCUT2D eigenvalue weighted by molar-refractivity contribution is 7.09. The van der Waals surface area contributed by atoms with Crippen molar-refractivity contribution < 1.29 is 0 Å². The zero-order valence-electron chi connectivity index (χ0n) is 12.0. The number of aromatic nitrogens is 1. The summed E-state index contributed by atoms with van der Waals surface area (Å²) in [5, 5.41) is 7.02. The molecule has 1 heterocycles. The van der Waals surface area contributed by atoms with Crippen LogP contribution in [0.1, 0.15) is 41.8 Å². The van der Waals surface area contributed by atoms with Gasteiger partial charge in [-0.1, -0.05) is 31.2 Å². The molecule has 0 spiro atoms. The van der Waals surface area contributed by atoms with Gasteiger partial charge in [-0.2, -0.15) is 0 Å². The van der Waals surface area contributed by atoms with E-state index in [2.05, 4.69) is 46.9 Å². The third-order valence-electron chi connectivity index (χ3n) is 4.25. The van der Waals surface area contributed by atoms with E-state index in [1.807, 2.05) is 6.20 Å². The van der Waals surface area contributed by atoms with Crippen LogP contribution in [0.2, 0.25) is 0 Å². The molecule has 0 radical (unpaired) electrons. The summed E-state index contributed by atoms with van der Waals surface area (Å²) in [6.07, 6.45) is 6.80. The molecule has 106 valence electrons. The van der Waals surface area contributed by atoms with E-state index in [0.717, 1.165) is 13.0 Å². The lowest BCUT2D eigenvalue weighted by Gasteiger charge is -2.32. The average molecular weight is 286 g/mol. The smallest absolute Gasteiger partial charge is 0.0940 e. The van der Waals surface area contributed by atoms with Crippen molar-refractivity contribution >= 4 is 11.3 Å². The molecule has 2 aromatic rings. The van der Waals surface area contributed by atoms with E-state index in [1.165, 1.54) is 24.3 Å². The van der Waals surface area contributed by atoms with Crippen LogP contribution in [0.5, 0.6) is 0 Å². The van der Waals surface area contributed by atoms with E-state index in [-0.39, 0.29) is 0 Å². The SMILES string of the molecule is CCNC(Cc1nccs1)C1CCCc2ccccc21. The summed E-state index contributed by atoms with van der Waals surface area (Å²) in [5.41, 5.74) is 3.10. The fourth-order valence-electron chi connectivity index (χ4n) is 3.37. The lowest BCUT2D eigenvalue weighted by molar-refractivity contribution is 0.395. The summed E-state index contributed by atoms with van der Waals surface area (Å²) >= 11 is 1.77. The van der Waals surface area contributed by atoms with E-state index in [4.69, 9.17) is 0 Å². The van der Waals surface area contributed by atoms with Crippen LogP contribution in [0.15, 0.2) is 35.8 Å². The van der Waals surface area contributed by atoms with Gasteiger partial charge in [-0.25, -0.2) is 4.98 Å². The largest absolute Gasteiger partial charge is 0.313 e. The summed E-state index contributed by atoms with van der Waals surface area (Å²) in [7, 11) is 0. The quantitative estimate of drug-likeness (QED) is 0.904. The first kappa shape index (κ1) is 13.8.